The highest BCUT2D eigenvalue weighted by Gasteiger charge is 2.18. The lowest BCUT2D eigenvalue weighted by molar-refractivity contribution is 0.102. The summed E-state index contributed by atoms with van der Waals surface area (Å²) in [6.45, 7) is 8.63. The third-order valence-electron chi connectivity index (χ3n) is 3.57. The summed E-state index contributed by atoms with van der Waals surface area (Å²) in [6, 6.07) is 0. The van der Waals surface area contributed by atoms with Crippen LogP contribution in [0, 0.1) is 11.8 Å². The van der Waals surface area contributed by atoms with Crippen molar-refractivity contribution in [3.63, 3.8) is 0 Å². The summed E-state index contributed by atoms with van der Waals surface area (Å²) in [5.41, 5.74) is 0.832. The molecule has 1 aliphatic carbocycles. The van der Waals surface area contributed by atoms with Gasteiger partial charge in [-0.15, -0.1) is 0 Å². The Bertz CT molecular complexity index is 271. The molecule has 0 radical (unpaired) electrons. The van der Waals surface area contributed by atoms with E-state index in [-0.39, 0.29) is 0 Å². The minimum Gasteiger partial charge on any atom is -0.386 e. The van der Waals surface area contributed by atoms with Crippen LogP contribution in [0.2, 0.25) is 0 Å². The van der Waals surface area contributed by atoms with Crippen LogP contribution in [0.3, 0.4) is 0 Å². The average molecular weight is 222 g/mol. The van der Waals surface area contributed by atoms with Crippen molar-refractivity contribution in [3.8, 4) is 0 Å². The van der Waals surface area contributed by atoms with Crippen molar-refractivity contribution < 1.29 is 5.11 Å². The van der Waals surface area contributed by atoms with E-state index in [1.807, 2.05) is 13.0 Å². The monoisotopic (exact) mass is 222 g/mol. The van der Waals surface area contributed by atoms with Crippen molar-refractivity contribution in [2.45, 2.75) is 59.0 Å². The van der Waals surface area contributed by atoms with Crippen LogP contribution < -0.4 is 0 Å². The van der Waals surface area contributed by atoms with E-state index >= 15 is 0 Å². The van der Waals surface area contributed by atoms with E-state index in [9.17, 15) is 5.11 Å². The molecule has 0 amide bonds. The first kappa shape index (κ1) is 13.5. The summed E-state index contributed by atoms with van der Waals surface area (Å²) in [7, 11) is 0. The fourth-order valence-electron chi connectivity index (χ4n) is 2.17. The molecule has 1 unspecified atom stereocenters. The maximum atomic E-state index is 10.2. The molecule has 0 heterocycles. The van der Waals surface area contributed by atoms with E-state index in [0.717, 1.165) is 12.8 Å². The third kappa shape index (κ3) is 4.52. The normalized spacial score (nSPS) is 37.9. The largest absolute Gasteiger partial charge is 0.386 e. The molecule has 1 aliphatic rings. The lowest BCUT2D eigenvalue weighted by Crippen LogP contribution is -2.21. The summed E-state index contributed by atoms with van der Waals surface area (Å²) in [5, 5.41) is 10.2. The number of allylic oxidation sites excluding steroid dienone is 3. The Hall–Kier alpha value is -0.560. The van der Waals surface area contributed by atoms with Crippen LogP contribution in [-0.2, 0) is 0 Å². The highest BCUT2D eigenvalue weighted by Crippen LogP contribution is 2.25. The van der Waals surface area contributed by atoms with E-state index < -0.39 is 5.60 Å². The number of aliphatic hydroxyl groups is 1. The van der Waals surface area contributed by atoms with Crippen molar-refractivity contribution in [2.24, 2.45) is 11.8 Å². The van der Waals surface area contributed by atoms with Gasteiger partial charge in [0.25, 0.3) is 0 Å². The SMILES string of the molecule is C/C1=C\CC[C@@](C)(O)/C=C/C(C(C)C)CC1. The fraction of sp³-hybridized carbons (Fsp3) is 0.733. The number of hydrogen-bond acceptors (Lipinski definition) is 1. The highest BCUT2D eigenvalue weighted by molar-refractivity contribution is 5.07. The zero-order valence-corrected chi connectivity index (χ0v) is 11.2. The van der Waals surface area contributed by atoms with Crippen molar-refractivity contribution in [3.05, 3.63) is 23.8 Å². The van der Waals surface area contributed by atoms with Crippen LogP contribution in [0.1, 0.15) is 53.4 Å². The second kappa shape index (κ2) is 5.67. The minimum absolute atomic E-state index is 0.591. The van der Waals surface area contributed by atoms with E-state index in [0.29, 0.717) is 11.8 Å². The topological polar surface area (TPSA) is 20.2 Å². The summed E-state index contributed by atoms with van der Waals surface area (Å²) in [6.07, 6.45) is 10.7. The molecule has 1 rings (SSSR count). The molecule has 0 aromatic heterocycles. The zero-order chi connectivity index (χ0) is 12.2. The Balaban J connectivity index is 2.79. The second-order valence-electron chi connectivity index (χ2n) is 5.75. The third-order valence-corrected chi connectivity index (χ3v) is 3.57. The molecular formula is C15H26O. The average Bonchev–Trinajstić information content (AvgIpc) is 2.16. The van der Waals surface area contributed by atoms with Crippen LogP contribution in [-0.4, -0.2) is 10.7 Å². The Morgan fingerprint density at radius 2 is 2.12 bits per heavy atom. The Morgan fingerprint density at radius 1 is 1.44 bits per heavy atom. The van der Waals surface area contributed by atoms with Gasteiger partial charge in [-0.3, -0.25) is 0 Å². The van der Waals surface area contributed by atoms with E-state index in [1.165, 1.54) is 18.4 Å². The molecule has 92 valence electrons. The highest BCUT2D eigenvalue weighted by atomic mass is 16.3. The zero-order valence-electron chi connectivity index (χ0n) is 11.2. The lowest BCUT2D eigenvalue weighted by atomic mass is 9.86. The van der Waals surface area contributed by atoms with Crippen LogP contribution in [0.15, 0.2) is 23.8 Å². The quantitative estimate of drug-likeness (QED) is 0.663. The standard InChI is InChI=1S/C15H26O/c1-12(2)14-8-7-13(3)6-5-10-15(4,16)11-9-14/h6,9,11-12,14,16H,5,7-8,10H2,1-4H3/b11-9+,13-6+/t14?,15-/m1/s1. The van der Waals surface area contributed by atoms with Gasteiger partial charge in [0, 0.05) is 0 Å². The maximum Gasteiger partial charge on any atom is 0.0802 e. The van der Waals surface area contributed by atoms with E-state index in [2.05, 4.69) is 32.9 Å². The van der Waals surface area contributed by atoms with Gasteiger partial charge in [-0.1, -0.05) is 37.6 Å². The van der Waals surface area contributed by atoms with E-state index in [1.54, 1.807) is 0 Å². The van der Waals surface area contributed by atoms with Gasteiger partial charge in [-0.05, 0) is 51.4 Å². The van der Waals surface area contributed by atoms with Gasteiger partial charge in [0.1, 0.15) is 0 Å². The molecule has 0 bridgehead atoms. The first-order valence-corrected chi connectivity index (χ1v) is 6.48. The summed E-state index contributed by atoms with van der Waals surface area (Å²) in [4.78, 5) is 0. The molecule has 1 heteroatoms. The van der Waals surface area contributed by atoms with Crippen LogP contribution in [0.5, 0.6) is 0 Å². The van der Waals surface area contributed by atoms with Crippen molar-refractivity contribution in [1.29, 1.82) is 0 Å². The Kier molecular flexibility index (Phi) is 4.79. The van der Waals surface area contributed by atoms with Crippen LogP contribution in [0.4, 0.5) is 0 Å². The molecule has 1 nitrogen and oxygen atoms in total. The second-order valence-corrected chi connectivity index (χ2v) is 5.75. The van der Waals surface area contributed by atoms with Crippen molar-refractivity contribution >= 4 is 0 Å². The molecule has 0 aliphatic heterocycles. The summed E-state index contributed by atoms with van der Waals surface area (Å²) in [5.74, 6) is 1.24. The number of rotatable bonds is 1. The lowest BCUT2D eigenvalue weighted by Gasteiger charge is -2.23. The first-order valence-electron chi connectivity index (χ1n) is 6.48. The summed E-state index contributed by atoms with van der Waals surface area (Å²) >= 11 is 0. The predicted molar refractivity (Wildman–Crippen MR) is 70.3 cm³/mol. The smallest absolute Gasteiger partial charge is 0.0802 e. The first-order chi connectivity index (χ1) is 7.41. The molecule has 16 heavy (non-hydrogen) atoms. The molecule has 0 spiro atoms. The molecule has 0 saturated heterocycles. The van der Waals surface area contributed by atoms with Crippen molar-refractivity contribution in [2.75, 3.05) is 0 Å². The Labute approximate surface area is 100 Å². The minimum atomic E-state index is -0.638. The molecule has 0 aromatic rings. The molecule has 1 N–H and O–H groups in total. The summed E-state index contributed by atoms with van der Waals surface area (Å²) < 4.78 is 0. The molecule has 2 atom stereocenters. The van der Waals surface area contributed by atoms with Crippen LogP contribution >= 0.6 is 0 Å². The van der Waals surface area contributed by atoms with Gasteiger partial charge >= 0.3 is 0 Å². The van der Waals surface area contributed by atoms with Gasteiger partial charge in [0.2, 0.25) is 0 Å². The van der Waals surface area contributed by atoms with Crippen molar-refractivity contribution in [1.82, 2.24) is 0 Å². The predicted octanol–water partition coefficient (Wildman–Crippen LogP) is 4.09. The van der Waals surface area contributed by atoms with E-state index in [4.69, 9.17) is 0 Å². The van der Waals surface area contributed by atoms with Gasteiger partial charge in [-0.25, -0.2) is 0 Å². The van der Waals surface area contributed by atoms with Crippen LogP contribution in [0.25, 0.3) is 0 Å². The maximum absolute atomic E-state index is 10.2. The Morgan fingerprint density at radius 3 is 2.75 bits per heavy atom. The molecule has 0 aromatic carbocycles. The molecular weight excluding hydrogens is 196 g/mol. The van der Waals surface area contributed by atoms with Gasteiger partial charge in [0.05, 0.1) is 5.60 Å². The fourth-order valence-corrected chi connectivity index (χ4v) is 2.17. The molecule has 0 fully saturated rings. The number of hydrogen-bond donors (Lipinski definition) is 1. The van der Waals surface area contributed by atoms with Gasteiger partial charge < -0.3 is 5.11 Å². The van der Waals surface area contributed by atoms with Gasteiger partial charge in [-0.2, -0.15) is 0 Å². The molecule has 0 saturated carbocycles. The van der Waals surface area contributed by atoms with Gasteiger partial charge in [0.15, 0.2) is 0 Å².